The van der Waals surface area contributed by atoms with E-state index < -0.39 is 0 Å². The number of phenols is 1. The van der Waals surface area contributed by atoms with Crippen LogP contribution >= 0.6 is 0 Å². The number of nitrogens with one attached hydrogen (secondary N) is 1. The summed E-state index contributed by atoms with van der Waals surface area (Å²) in [5, 5.41) is 12.6. The predicted octanol–water partition coefficient (Wildman–Crippen LogP) is 2.29. The molecule has 1 aliphatic heterocycles. The summed E-state index contributed by atoms with van der Waals surface area (Å²) in [4.78, 5) is 0. The molecule has 1 heterocycles. The van der Waals surface area contributed by atoms with E-state index >= 15 is 0 Å². The lowest BCUT2D eigenvalue weighted by molar-refractivity contribution is 0.120. The van der Waals surface area contributed by atoms with E-state index in [0.717, 1.165) is 30.8 Å². The molecule has 1 fully saturated rings. The quantitative estimate of drug-likeness (QED) is 0.747. The zero-order chi connectivity index (χ0) is 10.7. The Kier molecular flexibility index (Phi) is 3.11. The second kappa shape index (κ2) is 4.53. The fourth-order valence-corrected chi connectivity index (χ4v) is 1.88. The molecule has 0 saturated carbocycles. The molecule has 1 atom stereocenters. The van der Waals surface area contributed by atoms with Gasteiger partial charge < -0.3 is 15.2 Å². The van der Waals surface area contributed by atoms with Gasteiger partial charge in [-0.15, -0.1) is 0 Å². The molecule has 3 nitrogen and oxygen atoms in total. The number of hydrogen-bond donors (Lipinski definition) is 2. The zero-order valence-electron chi connectivity index (χ0n) is 8.99. The maximum Gasteiger partial charge on any atom is 0.115 e. The molecule has 1 aliphatic rings. The number of aromatic hydroxyl groups is 1. The summed E-state index contributed by atoms with van der Waals surface area (Å²) in [6, 6.07) is 5.36. The molecule has 2 rings (SSSR count). The smallest absolute Gasteiger partial charge is 0.115 e. The van der Waals surface area contributed by atoms with Crippen LogP contribution < -0.4 is 5.32 Å². The van der Waals surface area contributed by atoms with Crippen molar-refractivity contribution < 1.29 is 9.84 Å². The Bertz CT molecular complexity index is 332. The Morgan fingerprint density at radius 2 is 2.40 bits per heavy atom. The largest absolute Gasteiger partial charge is 0.508 e. The lowest BCUT2D eigenvalue weighted by Gasteiger charge is -2.13. The Morgan fingerprint density at radius 1 is 1.53 bits per heavy atom. The summed E-state index contributed by atoms with van der Waals surface area (Å²) in [6.45, 7) is 3.73. The molecule has 1 aromatic rings. The van der Waals surface area contributed by atoms with Gasteiger partial charge in [-0.3, -0.25) is 0 Å². The number of aryl methyl sites for hydroxylation is 1. The molecule has 0 bridgehead atoms. The molecule has 0 spiro atoms. The number of ether oxygens (including phenoxy) is 1. The molecule has 0 aliphatic carbocycles. The van der Waals surface area contributed by atoms with E-state index in [-0.39, 0.29) is 0 Å². The minimum Gasteiger partial charge on any atom is -0.508 e. The molecular formula is C12H17NO2. The van der Waals surface area contributed by atoms with E-state index in [0.29, 0.717) is 11.9 Å². The van der Waals surface area contributed by atoms with Crippen molar-refractivity contribution in [2.75, 3.05) is 18.5 Å². The van der Waals surface area contributed by atoms with Gasteiger partial charge in [0.2, 0.25) is 0 Å². The first-order chi connectivity index (χ1) is 7.25. The minimum atomic E-state index is 0.315. The van der Waals surface area contributed by atoms with Crippen LogP contribution in [-0.4, -0.2) is 24.4 Å². The molecule has 2 N–H and O–H groups in total. The second-order valence-electron chi connectivity index (χ2n) is 4.02. The van der Waals surface area contributed by atoms with Gasteiger partial charge in [0, 0.05) is 18.8 Å². The zero-order valence-corrected chi connectivity index (χ0v) is 8.99. The van der Waals surface area contributed by atoms with E-state index in [1.54, 1.807) is 12.1 Å². The second-order valence-corrected chi connectivity index (χ2v) is 4.02. The molecule has 1 saturated heterocycles. The molecule has 0 aromatic heterocycles. The lowest BCUT2D eigenvalue weighted by atomic mass is 10.2. The van der Waals surface area contributed by atoms with Crippen LogP contribution in [0.4, 0.5) is 5.69 Å². The molecular weight excluding hydrogens is 190 g/mol. The van der Waals surface area contributed by atoms with Crippen molar-refractivity contribution in [3.05, 3.63) is 23.8 Å². The maximum atomic E-state index is 9.26. The maximum absolute atomic E-state index is 9.26. The predicted molar refractivity (Wildman–Crippen MR) is 60.3 cm³/mol. The van der Waals surface area contributed by atoms with Gasteiger partial charge in [-0.2, -0.15) is 0 Å². The first-order valence-electron chi connectivity index (χ1n) is 5.41. The molecule has 1 unspecified atom stereocenters. The van der Waals surface area contributed by atoms with Gasteiger partial charge in [0.25, 0.3) is 0 Å². The van der Waals surface area contributed by atoms with Gasteiger partial charge in [-0.25, -0.2) is 0 Å². The number of benzene rings is 1. The number of phenolic OH excluding ortho intramolecular Hbond substituents is 1. The van der Waals surface area contributed by atoms with Crippen molar-refractivity contribution in [1.29, 1.82) is 0 Å². The third-order valence-electron chi connectivity index (χ3n) is 2.75. The van der Waals surface area contributed by atoms with Crippen molar-refractivity contribution in [2.24, 2.45) is 0 Å². The highest BCUT2D eigenvalue weighted by atomic mass is 16.5. The van der Waals surface area contributed by atoms with Crippen molar-refractivity contribution in [3.8, 4) is 5.75 Å². The van der Waals surface area contributed by atoms with E-state index in [1.807, 2.05) is 13.0 Å². The highest BCUT2D eigenvalue weighted by molar-refractivity contribution is 5.53. The summed E-state index contributed by atoms with van der Waals surface area (Å²) in [5.74, 6) is 0.315. The van der Waals surface area contributed by atoms with Crippen LogP contribution in [0.15, 0.2) is 18.2 Å². The first-order valence-corrected chi connectivity index (χ1v) is 5.41. The first kappa shape index (κ1) is 10.3. The minimum absolute atomic E-state index is 0.315. The van der Waals surface area contributed by atoms with E-state index in [1.165, 1.54) is 6.42 Å². The third kappa shape index (κ3) is 2.63. The highest BCUT2D eigenvalue weighted by Crippen LogP contribution is 2.21. The Hall–Kier alpha value is -1.22. The van der Waals surface area contributed by atoms with Crippen LogP contribution in [0.2, 0.25) is 0 Å². The third-order valence-corrected chi connectivity index (χ3v) is 2.75. The number of anilines is 1. The van der Waals surface area contributed by atoms with Crippen LogP contribution in [0, 0.1) is 6.92 Å². The van der Waals surface area contributed by atoms with Crippen LogP contribution in [-0.2, 0) is 4.74 Å². The van der Waals surface area contributed by atoms with Gasteiger partial charge in [0.05, 0.1) is 6.10 Å². The topological polar surface area (TPSA) is 41.5 Å². The van der Waals surface area contributed by atoms with Crippen molar-refractivity contribution in [1.82, 2.24) is 0 Å². The van der Waals surface area contributed by atoms with Crippen LogP contribution in [0.25, 0.3) is 0 Å². The van der Waals surface area contributed by atoms with E-state index in [2.05, 4.69) is 5.32 Å². The molecule has 1 aromatic carbocycles. The monoisotopic (exact) mass is 207 g/mol. The Labute approximate surface area is 90.1 Å². The summed E-state index contributed by atoms with van der Waals surface area (Å²) in [7, 11) is 0. The Morgan fingerprint density at radius 3 is 3.07 bits per heavy atom. The van der Waals surface area contributed by atoms with Gasteiger partial charge in [-0.05, 0) is 43.5 Å². The molecule has 0 amide bonds. The van der Waals surface area contributed by atoms with Gasteiger partial charge in [0.15, 0.2) is 0 Å². The summed E-state index contributed by atoms with van der Waals surface area (Å²) in [6.07, 6.45) is 2.66. The van der Waals surface area contributed by atoms with Crippen LogP contribution in [0.3, 0.4) is 0 Å². The van der Waals surface area contributed by atoms with Crippen LogP contribution in [0.5, 0.6) is 5.75 Å². The fraction of sp³-hybridized carbons (Fsp3) is 0.500. The lowest BCUT2D eigenvalue weighted by Crippen LogP contribution is -2.18. The van der Waals surface area contributed by atoms with Gasteiger partial charge >= 0.3 is 0 Å². The molecule has 82 valence electrons. The van der Waals surface area contributed by atoms with Crippen molar-refractivity contribution in [3.63, 3.8) is 0 Å². The number of rotatable bonds is 3. The number of hydrogen-bond acceptors (Lipinski definition) is 3. The standard InChI is InChI=1S/C12H17NO2/c1-9-7-10(14)4-5-12(9)13-8-11-3-2-6-15-11/h4-5,7,11,13-14H,2-3,6,8H2,1H3. The van der Waals surface area contributed by atoms with Gasteiger partial charge in [-0.1, -0.05) is 0 Å². The average molecular weight is 207 g/mol. The average Bonchev–Trinajstić information content (AvgIpc) is 2.69. The molecule has 0 radical (unpaired) electrons. The summed E-state index contributed by atoms with van der Waals surface area (Å²) < 4.78 is 5.53. The Balaban J connectivity index is 1.92. The summed E-state index contributed by atoms with van der Waals surface area (Å²) in [5.41, 5.74) is 2.14. The fourth-order valence-electron chi connectivity index (χ4n) is 1.88. The summed E-state index contributed by atoms with van der Waals surface area (Å²) >= 11 is 0. The van der Waals surface area contributed by atoms with Crippen LogP contribution in [0.1, 0.15) is 18.4 Å². The van der Waals surface area contributed by atoms with Crippen molar-refractivity contribution >= 4 is 5.69 Å². The van der Waals surface area contributed by atoms with Gasteiger partial charge in [0.1, 0.15) is 5.75 Å². The SMILES string of the molecule is Cc1cc(O)ccc1NCC1CCCO1. The molecule has 3 heteroatoms. The molecule has 15 heavy (non-hydrogen) atoms. The van der Waals surface area contributed by atoms with Crippen molar-refractivity contribution in [2.45, 2.75) is 25.9 Å². The van der Waals surface area contributed by atoms with E-state index in [9.17, 15) is 5.11 Å². The normalized spacial score (nSPS) is 20.5. The van der Waals surface area contributed by atoms with E-state index in [4.69, 9.17) is 4.74 Å². The highest BCUT2D eigenvalue weighted by Gasteiger charge is 2.14.